The molecule has 10 heavy (non-hydrogen) atoms. The van der Waals surface area contributed by atoms with Crippen molar-refractivity contribution < 1.29 is 0 Å². The molecule has 2 atom stereocenters. The number of nitrogens with one attached hydrogen (secondary N) is 4. The third-order valence-corrected chi connectivity index (χ3v) is 2.19. The second kappa shape index (κ2) is 2.84. The van der Waals surface area contributed by atoms with E-state index in [9.17, 15) is 0 Å². The highest BCUT2D eigenvalue weighted by molar-refractivity contribution is 4.91. The summed E-state index contributed by atoms with van der Waals surface area (Å²) in [7, 11) is 0. The average Bonchev–Trinajstić information content (AvgIpc) is 2.05. The molecule has 0 aliphatic carbocycles. The Morgan fingerprint density at radius 1 is 0.800 bits per heavy atom. The van der Waals surface area contributed by atoms with Crippen molar-refractivity contribution in [3.05, 3.63) is 0 Å². The van der Waals surface area contributed by atoms with E-state index in [2.05, 4.69) is 21.3 Å². The summed E-state index contributed by atoms with van der Waals surface area (Å²) in [5, 5.41) is 13.3. The molecule has 0 amide bonds. The molecule has 58 valence electrons. The van der Waals surface area contributed by atoms with Crippen LogP contribution in [0.4, 0.5) is 0 Å². The molecule has 0 radical (unpaired) electrons. The number of hydrogen-bond acceptors (Lipinski definition) is 4. The Morgan fingerprint density at radius 2 is 1.30 bits per heavy atom. The third kappa shape index (κ3) is 1.15. The van der Waals surface area contributed by atoms with Gasteiger partial charge in [0.25, 0.3) is 0 Å². The van der Waals surface area contributed by atoms with Gasteiger partial charge in [-0.05, 0) is 0 Å². The zero-order valence-electron chi connectivity index (χ0n) is 5.98. The Kier molecular flexibility index (Phi) is 1.86. The smallest absolute Gasteiger partial charge is 0.0457 e. The molecule has 0 aromatic heterocycles. The number of rotatable bonds is 0. The quantitative estimate of drug-likeness (QED) is 0.317. The fourth-order valence-electron chi connectivity index (χ4n) is 1.58. The van der Waals surface area contributed by atoms with Crippen molar-refractivity contribution in [3.8, 4) is 0 Å². The Labute approximate surface area is 60.8 Å². The summed E-state index contributed by atoms with van der Waals surface area (Å²) < 4.78 is 0. The van der Waals surface area contributed by atoms with Gasteiger partial charge < -0.3 is 10.6 Å². The van der Waals surface area contributed by atoms with Gasteiger partial charge in [-0.2, -0.15) is 0 Å². The first-order valence-corrected chi connectivity index (χ1v) is 3.85. The maximum atomic E-state index is 3.38. The zero-order chi connectivity index (χ0) is 6.81. The van der Waals surface area contributed by atoms with Crippen LogP contribution in [0.15, 0.2) is 0 Å². The molecule has 2 aliphatic rings. The highest BCUT2D eigenvalue weighted by atomic mass is 15.2. The van der Waals surface area contributed by atoms with Gasteiger partial charge in [-0.25, -0.2) is 0 Å². The van der Waals surface area contributed by atoms with Crippen LogP contribution in [0, 0.1) is 0 Å². The van der Waals surface area contributed by atoms with E-state index in [-0.39, 0.29) is 0 Å². The lowest BCUT2D eigenvalue weighted by molar-refractivity contribution is 0.250. The van der Waals surface area contributed by atoms with Crippen LogP contribution in [0.5, 0.6) is 0 Å². The van der Waals surface area contributed by atoms with Gasteiger partial charge in [-0.15, -0.1) is 0 Å². The van der Waals surface area contributed by atoms with Crippen molar-refractivity contribution >= 4 is 0 Å². The van der Waals surface area contributed by atoms with Gasteiger partial charge in [0.1, 0.15) is 0 Å². The van der Waals surface area contributed by atoms with Crippen LogP contribution in [0.1, 0.15) is 0 Å². The molecular formula is C6H14N4. The van der Waals surface area contributed by atoms with Crippen LogP contribution in [0.2, 0.25) is 0 Å². The van der Waals surface area contributed by atoms with Crippen LogP contribution < -0.4 is 21.3 Å². The third-order valence-electron chi connectivity index (χ3n) is 2.19. The molecule has 4 nitrogen and oxygen atoms in total. The summed E-state index contributed by atoms with van der Waals surface area (Å²) in [6, 6.07) is 1.24. The molecule has 2 rings (SSSR count). The zero-order valence-corrected chi connectivity index (χ0v) is 5.98. The highest BCUT2D eigenvalue weighted by Crippen LogP contribution is 1.98. The van der Waals surface area contributed by atoms with Crippen LogP contribution in [0.25, 0.3) is 0 Å². The van der Waals surface area contributed by atoms with Crippen molar-refractivity contribution in [2.24, 2.45) is 0 Å². The Bertz CT molecular complexity index is 90.3. The summed E-state index contributed by atoms with van der Waals surface area (Å²) in [5.74, 6) is 0. The molecule has 0 saturated carbocycles. The van der Waals surface area contributed by atoms with Crippen molar-refractivity contribution in [2.45, 2.75) is 12.1 Å². The minimum absolute atomic E-state index is 0.620. The van der Waals surface area contributed by atoms with E-state index in [4.69, 9.17) is 0 Å². The first-order valence-electron chi connectivity index (χ1n) is 3.85. The highest BCUT2D eigenvalue weighted by Gasteiger charge is 2.25. The molecule has 4 heteroatoms. The van der Waals surface area contributed by atoms with Gasteiger partial charge >= 0.3 is 0 Å². The van der Waals surface area contributed by atoms with E-state index in [0.717, 1.165) is 26.4 Å². The van der Waals surface area contributed by atoms with E-state index in [1.807, 2.05) is 0 Å². The standard InChI is InChI=1S/C6H14N4/c1-5-6(10-3-7-1)2-8-4-9-5/h5-10H,1-4H2/t5-,6+. The number of hydrogen-bond donors (Lipinski definition) is 4. The molecule has 0 aromatic carbocycles. The molecule has 0 bridgehead atoms. The van der Waals surface area contributed by atoms with Gasteiger partial charge in [0, 0.05) is 38.5 Å². The lowest BCUT2D eigenvalue weighted by atomic mass is 10.1. The lowest BCUT2D eigenvalue weighted by Crippen LogP contribution is -2.67. The number of fused-ring (bicyclic) bond motifs is 1. The van der Waals surface area contributed by atoms with E-state index in [1.54, 1.807) is 0 Å². The van der Waals surface area contributed by atoms with Crippen molar-refractivity contribution in [2.75, 3.05) is 26.4 Å². The molecule has 0 unspecified atom stereocenters. The largest absolute Gasteiger partial charge is 0.303 e. The Morgan fingerprint density at radius 3 is 1.80 bits per heavy atom. The molecule has 4 N–H and O–H groups in total. The van der Waals surface area contributed by atoms with E-state index < -0.39 is 0 Å². The fourth-order valence-corrected chi connectivity index (χ4v) is 1.58. The van der Waals surface area contributed by atoms with Crippen molar-refractivity contribution in [1.29, 1.82) is 0 Å². The molecule has 0 aromatic rings. The maximum absolute atomic E-state index is 3.38. The summed E-state index contributed by atoms with van der Waals surface area (Å²) >= 11 is 0. The van der Waals surface area contributed by atoms with Crippen LogP contribution in [-0.2, 0) is 0 Å². The van der Waals surface area contributed by atoms with Gasteiger partial charge in [-0.3, -0.25) is 10.6 Å². The topological polar surface area (TPSA) is 48.1 Å². The van der Waals surface area contributed by atoms with Crippen LogP contribution in [-0.4, -0.2) is 38.5 Å². The minimum atomic E-state index is 0.620. The summed E-state index contributed by atoms with van der Waals surface area (Å²) in [5.41, 5.74) is 0. The second-order valence-corrected chi connectivity index (χ2v) is 2.88. The summed E-state index contributed by atoms with van der Waals surface area (Å²) in [4.78, 5) is 0. The molecule has 2 heterocycles. The second-order valence-electron chi connectivity index (χ2n) is 2.88. The molecular weight excluding hydrogens is 128 g/mol. The predicted octanol–water partition coefficient (Wildman–Crippen LogP) is -1.98. The normalized spacial score (nSPS) is 40.8. The Hall–Kier alpha value is -0.160. The van der Waals surface area contributed by atoms with Gasteiger partial charge in [0.05, 0.1) is 0 Å². The van der Waals surface area contributed by atoms with E-state index in [1.165, 1.54) is 0 Å². The lowest BCUT2D eigenvalue weighted by Gasteiger charge is -2.37. The van der Waals surface area contributed by atoms with Gasteiger partial charge in [0.2, 0.25) is 0 Å². The van der Waals surface area contributed by atoms with Gasteiger partial charge in [-0.1, -0.05) is 0 Å². The molecule has 2 saturated heterocycles. The SMILES string of the molecule is C1NC[C@H]2NCNC[C@@H]2N1. The van der Waals surface area contributed by atoms with E-state index >= 15 is 0 Å². The average molecular weight is 142 g/mol. The summed E-state index contributed by atoms with van der Waals surface area (Å²) in [6.45, 7) is 4.09. The Balaban J connectivity index is 1.93. The fraction of sp³-hybridized carbons (Fsp3) is 1.00. The molecule has 0 spiro atoms. The van der Waals surface area contributed by atoms with Crippen molar-refractivity contribution in [3.63, 3.8) is 0 Å². The van der Waals surface area contributed by atoms with Crippen LogP contribution >= 0.6 is 0 Å². The van der Waals surface area contributed by atoms with E-state index in [0.29, 0.717) is 12.1 Å². The summed E-state index contributed by atoms with van der Waals surface area (Å²) in [6.07, 6.45) is 0. The molecule has 2 fully saturated rings. The predicted molar refractivity (Wildman–Crippen MR) is 39.6 cm³/mol. The minimum Gasteiger partial charge on any atom is -0.303 e. The molecule has 2 aliphatic heterocycles. The maximum Gasteiger partial charge on any atom is 0.0457 e. The first-order chi connectivity index (χ1) is 4.97. The monoisotopic (exact) mass is 142 g/mol. The first kappa shape index (κ1) is 6.54. The van der Waals surface area contributed by atoms with Crippen LogP contribution in [0.3, 0.4) is 0 Å². The van der Waals surface area contributed by atoms with Crippen molar-refractivity contribution in [1.82, 2.24) is 21.3 Å². The van der Waals surface area contributed by atoms with Gasteiger partial charge in [0.15, 0.2) is 0 Å².